The fraction of sp³-hybridized carbons (Fsp3) is 0.0588. The van der Waals surface area contributed by atoms with Crippen LogP contribution in [0.5, 0.6) is 0 Å². The van der Waals surface area contributed by atoms with Crippen molar-refractivity contribution in [1.29, 1.82) is 0 Å². The Morgan fingerprint density at radius 1 is 1.17 bits per heavy atom. The number of azide groups is 1. The second-order valence-corrected chi connectivity index (χ2v) is 4.80. The minimum atomic E-state index is -0.407. The molecule has 6 heteroatoms. The van der Waals surface area contributed by atoms with E-state index in [0.29, 0.717) is 22.5 Å². The van der Waals surface area contributed by atoms with Crippen LogP contribution in [0.3, 0.4) is 0 Å². The first kappa shape index (κ1) is 14.6. The molecule has 2 aromatic carbocycles. The van der Waals surface area contributed by atoms with Crippen LogP contribution in [0.1, 0.15) is 10.4 Å². The Bertz CT molecular complexity index is 929. The van der Waals surface area contributed by atoms with E-state index in [1.54, 1.807) is 30.3 Å². The molecule has 0 aliphatic carbocycles. The lowest BCUT2D eigenvalue weighted by Gasteiger charge is -2.08. The highest BCUT2D eigenvalue weighted by molar-refractivity contribution is 6.04. The van der Waals surface area contributed by atoms with Crippen LogP contribution < -0.4 is 0 Å². The summed E-state index contributed by atoms with van der Waals surface area (Å²) in [6.07, 6.45) is 0. The van der Waals surface area contributed by atoms with Crippen LogP contribution in [0.4, 0.5) is 5.69 Å². The van der Waals surface area contributed by atoms with E-state index < -0.39 is 5.97 Å². The number of hydrogen-bond donors (Lipinski definition) is 0. The summed E-state index contributed by atoms with van der Waals surface area (Å²) >= 11 is 0. The Morgan fingerprint density at radius 3 is 2.61 bits per heavy atom. The molecule has 0 spiro atoms. The zero-order valence-corrected chi connectivity index (χ0v) is 12.3. The first-order valence-corrected chi connectivity index (χ1v) is 6.86. The number of benzene rings is 2. The summed E-state index contributed by atoms with van der Waals surface area (Å²) in [5, 5.41) is 4.28. The third kappa shape index (κ3) is 2.84. The summed E-state index contributed by atoms with van der Waals surface area (Å²) in [4.78, 5) is 19.4. The Kier molecular flexibility index (Phi) is 3.91. The van der Waals surface area contributed by atoms with Crippen molar-refractivity contribution in [3.63, 3.8) is 0 Å². The fourth-order valence-electron chi connectivity index (χ4n) is 2.35. The second kappa shape index (κ2) is 6.17. The van der Waals surface area contributed by atoms with E-state index >= 15 is 0 Å². The van der Waals surface area contributed by atoms with Gasteiger partial charge in [0.1, 0.15) is 0 Å². The number of carbonyl (C=O) groups is 1. The molecule has 0 radical (unpaired) electrons. The Balaban J connectivity index is 2.17. The topological polar surface area (TPSA) is 88.0 Å². The highest BCUT2D eigenvalue weighted by Crippen LogP contribution is 2.26. The number of ether oxygens (including phenoxy) is 1. The van der Waals surface area contributed by atoms with Gasteiger partial charge in [0.05, 0.1) is 23.9 Å². The average molecular weight is 304 g/mol. The summed E-state index contributed by atoms with van der Waals surface area (Å²) < 4.78 is 4.86. The number of hydrogen-bond acceptors (Lipinski definition) is 4. The summed E-state index contributed by atoms with van der Waals surface area (Å²) in [5.41, 5.74) is 11.6. The van der Waals surface area contributed by atoms with Crippen LogP contribution in [0.2, 0.25) is 0 Å². The van der Waals surface area contributed by atoms with Gasteiger partial charge < -0.3 is 4.74 Å². The predicted octanol–water partition coefficient (Wildman–Crippen LogP) is 4.63. The largest absolute Gasteiger partial charge is 0.465 e. The van der Waals surface area contributed by atoms with Crippen molar-refractivity contribution in [3.8, 4) is 11.3 Å². The maximum Gasteiger partial charge on any atom is 0.338 e. The van der Waals surface area contributed by atoms with Crippen molar-refractivity contribution in [2.24, 2.45) is 5.11 Å². The monoisotopic (exact) mass is 304 g/mol. The Morgan fingerprint density at radius 2 is 1.91 bits per heavy atom. The lowest BCUT2D eigenvalue weighted by atomic mass is 10.0. The molecular formula is C17H12N4O2. The van der Waals surface area contributed by atoms with Gasteiger partial charge in [-0.25, -0.2) is 9.78 Å². The normalized spacial score (nSPS) is 10.1. The molecule has 0 saturated carbocycles. The molecule has 112 valence electrons. The number of rotatable bonds is 3. The number of fused-ring (bicyclic) bond motifs is 1. The molecule has 0 fully saturated rings. The zero-order valence-electron chi connectivity index (χ0n) is 12.3. The molecule has 1 heterocycles. The van der Waals surface area contributed by atoms with Crippen molar-refractivity contribution < 1.29 is 9.53 Å². The van der Waals surface area contributed by atoms with Crippen molar-refractivity contribution in [1.82, 2.24) is 4.98 Å². The van der Waals surface area contributed by atoms with Crippen LogP contribution >= 0.6 is 0 Å². The maximum absolute atomic E-state index is 12.0. The van der Waals surface area contributed by atoms with E-state index in [1.165, 1.54) is 7.11 Å². The summed E-state index contributed by atoms with van der Waals surface area (Å²) in [7, 11) is 1.35. The molecule has 3 aromatic rings. The van der Waals surface area contributed by atoms with Gasteiger partial charge in [0, 0.05) is 21.5 Å². The molecule has 23 heavy (non-hydrogen) atoms. The van der Waals surface area contributed by atoms with Crippen LogP contribution in [0.15, 0.2) is 59.7 Å². The molecule has 3 rings (SSSR count). The number of pyridine rings is 1. The van der Waals surface area contributed by atoms with E-state index in [-0.39, 0.29) is 0 Å². The summed E-state index contributed by atoms with van der Waals surface area (Å²) in [6.45, 7) is 0. The molecule has 0 unspecified atom stereocenters. The van der Waals surface area contributed by atoms with Gasteiger partial charge in [-0.05, 0) is 17.7 Å². The molecule has 0 aliphatic heterocycles. The molecular weight excluding hydrogens is 292 g/mol. The van der Waals surface area contributed by atoms with Crippen molar-refractivity contribution in [2.75, 3.05) is 7.11 Å². The number of esters is 1. The van der Waals surface area contributed by atoms with E-state index in [1.807, 2.05) is 24.3 Å². The predicted molar refractivity (Wildman–Crippen MR) is 87.3 cm³/mol. The fourth-order valence-corrected chi connectivity index (χ4v) is 2.35. The van der Waals surface area contributed by atoms with Gasteiger partial charge in [-0.2, -0.15) is 0 Å². The van der Waals surface area contributed by atoms with Gasteiger partial charge >= 0.3 is 5.97 Å². The van der Waals surface area contributed by atoms with Crippen molar-refractivity contribution in [2.45, 2.75) is 0 Å². The average Bonchev–Trinajstić information content (AvgIpc) is 2.61. The minimum absolute atomic E-state index is 0.407. The van der Waals surface area contributed by atoms with Crippen LogP contribution in [0, 0.1) is 0 Å². The van der Waals surface area contributed by atoms with Crippen LogP contribution in [-0.4, -0.2) is 18.1 Å². The third-order valence-corrected chi connectivity index (χ3v) is 3.44. The van der Waals surface area contributed by atoms with E-state index in [9.17, 15) is 4.79 Å². The lowest BCUT2D eigenvalue weighted by molar-refractivity contribution is 0.0603. The highest BCUT2D eigenvalue weighted by Gasteiger charge is 2.13. The number of aromatic nitrogens is 1. The summed E-state index contributed by atoms with van der Waals surface area (Å²) in [6, 6.07) is 16.1. The minimum Gasteiger partial charge on any atom is -0.465 e. The van der Waals surface area contributed by atoms with Gasteiger partial charge in [-0.15, -0.1) is 0 Å². The molecule has 0 atom stereocenters. The standard InChI is InChI=1S/C17H12N4O2/c1-23-17(22)14-10-16(19-15-5-3-2-4-13(14)15)11-6-8-12(9-7-11)20-21-18/h2-10H,1H3. The van der Waals surface area contributed by atoms with E-state index in [4.69, 9.17) is 10.3 Å². The van der Waals surface area contributed by atoms with Gasteiger partial charge in [0.15, 0.2) is 0 Å². The molecule has 0 amide bonds. The van der Waals surface area contributed by atoms with Crippen molar-refractivity contribution in [3.05, 3.63) is 70.6 Å². The smallest absolute Gasteiger partial charge is 0.338 e. The molecule has 1 aromatic heterocycles. The van der Waals surface area contributed by atoms with Gasteiger partial charge in [-0.1, -0.05) is 47.6 Å². The molecule has 6 nitrogen and oxygen atoms in total. The number of nitrogens with zero attached hydrogens (tertiary/aromatic N) is 4. The van der Waals surface area contributed by atoms with Gasteiger partial charge in [-0.3, -0.25) is 0 Å². The third-order valence-electron chi connectivity index (χ3n) is 3.44. The Hall–Kier alpha value is -3.37. The molecule has 0 saturated heterocycles. The number of methoxy groups -OCH3 is 1. The second-order valence-electron chi connectivity index (χ2n) is 4.80. The first-order chi connectivity index (χ1) is 11.2. The highest BCUT2D eigenvalue weighted by atomic mass is 16.5. The van der Waals surface area contributed by atoms with Crippen LogP contribution in [0.25, 0.3) is 32.6 Å². The SMILES string of the molecule is COC(=O)c1cc(-c2ccc(N=[N+]=[N-])cc2)nc2ccccc12. The molecule has 0 bridgehead atoms. The number of para-hydroxylation sites is 1. The zero-order chi connectivity index (χ0) is 16.2. The lowest BCUT2D eigenvalue weighted by Crippen LogP contribution is -2.03. The van der Waals surface area contributed by atoms with Crippen molar-refractivity contribution >= 4 is 22.6 Å². The summed E-state index contributed by atoms with van der Waals surface area (Å²) in [5.74, 6) is -0.407. The van der Waals surface area contributed by atoms with E-state index in [0.717, 1.165) is 10.9 Å². The Labute approximate surface area is 132 Å². The maximum atomic E-state index is 12.0. The molecule has 0 N–H and O–H groups in total. The van der Waals surface area contributed by atoms with Gasteiger partial charge in [0.25, 0.3) is 0 Å². The van der Waals surface area contributed by atoms with Gasteiger partial charge in [0.2, 0.25) is 0 Å². The number of carbonyl (C=O) groups excluding carboxylic acids is 1. The molecule has 0 aliphatic rings. The first-order valence-electron chi connectivity index (χ1n) is 6.86. The van der Waals surface area contributed by atoms with Crippen LogP contribution in [-0.2, 0) is 4.74 Å². The quantitative estimate of drug-likeness (QED) is 0.306. The van der Waals surface area contributed by atoms with E-state index in [2.05, 4.69) is 15.0 Å².